The lowest BCUT2D eigenvalue weighted by Gasteiger charge is -1.99. The minimum Gasteiger partial charge on any atom is -0.452 e. The third-order valence-electron chi connectivity index (χ3n) is 0.744. The minimum atomic E-state index is -0.743. The summed E-state index contributed by atoms with van der Waals surface area (Å²) in [4.78, 5) is 9.92. The number of ether oxygens (including phenoxy) is 1. The number of halogens is 1. The van der Waals surface area contributed by atoms with Gasteiger partial charge in [0.05, 0.1) is 0 Å². The lowest BCUT2D eigenvalue weighted by atomic mass is 10.6. The zero-order chi connectivity index (χ0) is 7.11. The lowest BCUT2D eigenvalue weighted by Crippen LogP contribution is -2.19. The molecule has 0 aliphatic heterocycles. The molecule has 0 amide bonds. The van der Waals surface area contributed by atoms with E-state index in [0.29, 0.717) is 13.2 Å². The quantitative estimate of drug-likeness (QED) is 0.481. The van der Waals surface area contributed by atoms with Gasteiger partial charge in [-0.2, -0.15) is 0 Å². The molecular weight excluding hydrogens is 142 g/mol. The highest BCUT2D eigenvalue weighted by molar-refractivity contribution is 6.61. The van der Waals surface area contributed by atoms with Gasteiger partial charge in [0.25, 0.3) is 0 Å². The monoisotopic (exact) mass is 151 g/mol. The SMILES string of the molecule is CCNCCOC(=O)Cl. The maximum Gasteiger partial charge on any atom is 0.403 e. The molecule has 0 aromatic heterocycles. The fourth-order valence-electron chi connectivity index (χ4n) is 0.380. The van der Waals surface area contributed by atoms with Gasteiger partial charge in [0.1, 0.15) is 6.61 Å². The van der Waals surface area contributed by atoms with Gasteiger partial charge in [-0.3, -0.25) is 0 Å². The summed E-state index contributed by atoms with van der Waals surface area (Å²) in [5, 5.41) is 2.97. The van der Waals surface area contributed by atoms with Crippen molar-refractivity contribution < 1.29 is 9.53 Å². The molecule has 0 radical (unpaired) electrons. The first-order valence-electron chi connectivity index (χ1n) is 2.80. The third-order valence-corrected chi connectivity index (χ3v) is 0.853. The van der Waals surface area contributed by atoms with Crippen LogP contribution in [0.3, 0.4) is 0 Å². The molecule has 0 spiro atoms. The van der Waals surface area contributed by atoms with E-state index in [1.807, 2.05) is 6.92 Å². The van der Waals surface area contributed by atoms with Crippen LogP contribution in [0.2, 0.25) is 0 Å². The standard InChI is InChI=1S/C5H10ClNO2/c1-2-7-3-4-9-5(6)8/h7H,2-4H2,1H3. The largest absolute Gasteiger partial charge is 0.452 e. The molecule has 1 N–H and O–H groups in total. The molecule has 0 saturated heterocycles. The Labute approximate surface area is 59.3 Å². The van der Waals surface area contributed by atoms with Crippen LogP contribution in [0.1, 0.15) is 6.92 Å². The van der Waals surface area contributed by atoms with Gasteiger partial charge in [0.2, 0.25) is 0 Å². The number of likely N-dealkylation sites (N-methyl/N-ethyl adjacent to an activating group) is 1. The molecule has 0 heterocycles. The molecule has 0 atom stereocenters. The predicted octanol–water partition coefficient (Wildman–Crippen LogP) is 0.971. The number of carbonyl (C=O) groups is 1. The van der Waals surface area contributed by atoms with Gasteiger partial charge < -0.3 is 10.1 Å². The van der Waals surface area contributed by atoms with Crippen molar-refractivity contribution in [3.63, 3.8) is 0 Å². The molecule has 3 nitrogen and oxygen atoms in total. The van der Waals surface area contributed by atoms with Gasteiger partial charge in [-0.25, -0.2) is 4.79 Å². The summed E-state index contributed by atoms with van der Waals surface area (Å²) in [5.41, 5.74) is -0.743. The van der Waals surface area contributed by atoms with Crippen LogP contribution >= 0.6 is 11.6 Å². The smallest absolute Gasteiger partial charge is 0.403 e. The van der Waals surface area contributed by atoms with Gasteiger partial charge in [0, 0.05) is 18.1 Å². The second-order valence-corrected chi connectivity index (χ2v) is 1.75. The van der Waals surface area contributed by atoms with Crippen molar-refractivity contribution in [2.75, 3.05) is 19.7 Å². The molecule has 0 fully saturated rings. The van der Waals surface area contributed by atoms with Crippen molar-refractivity contribution in [2.45, 2.75) is 6.92 Å². The zero-order valence-electron chi connectivity index (χ0n) is 5.32. The van der Waals surface area contributed by atoms with Crippen LogP contribution in [-0.2, 0) is 4.74 Å². The van der Waals surface area contributed by atoms with Crippen molar-refractivity contribution in [3.8, 4) is 0 Å². The Hall–Kier alpha value is -0.280. The van der Waals surface area contributed by atoms with Crippen molar-refractivity contribution in [1.29, 1.82) is 0 Å². The summed E-state index contributed by atoms with van der Waals surface area (Å²) in [7, 11) is 0. The minimum absolute atomic E-state index is 0.343. The van der Waals surface area contributed by atoms with Gasteiger partial charge in [0.15, 0.2) is 0 Å². The predicted molar refractivity (Wildman–Crippen MR) is 35.7 cm³/mol. The number of hydrogen-bond donors (Lipinski definition) is 1. The second kappa shape index (κ2) is 5.85. The Kier molecular flexibility index (Phi) is 5.67. The number of nitrogens with one attached hydrogen (secondary N) is 1. The molecule has 0 bridgehead atoms. The van der Waals surface area contributed by atoms with Crippen molar-refractivity contribution in [1.82, 2.24) is 5.32 Å². The fraction of sp³-hybridized carbons (Fsp3) is 0.800. The van der Waals surface area contributed by atoms with Crippen LogP contribution in [-0.4, -0.2) is 25.1 Å². The summed E-state index contributed by atoms with van der Waals surface area (Å²) in [5.74, 6) is 0. The summed E-state index contributed by atoms with van der Waals surface area (Å²) >= 11 is 4.87. The Bertz CT molecular complexity index is 87.0. The van der Waals surface area contributed by atoms with E-state index < -0.39 is 5.43 Å². The van der Waals surface area contributed by atoms with E-state index in [4.69, 9.17) is 11.6 Å². The average Bonchev–Trinajstić information content (AvgIpc) is 1.80. The van der Waals surface area contributed by atoms with Gasteiger partial charge in [-0.15, -0.1) is 0 Å². The van der Waals surface area contributed by atoms with Gasteiger partial charge >= 0.3 is 5.43 Å². The van der Waals surface area contributed by atoms with Crippen molar-refractivity contribution in [3.05, 3.63) is 0 Å². The average molecular weight is 152 g/mol. The summed E-state index contributed by atoms with van der Waals surface area (Å²) in [6, 6.07) is 0. The molecule has 0 rings (SSSR count). The Morgan fingerprint density at radius 1 is 1.78 bits per heavy atom. The first kappa shape index (κ1) is 8.72. The third kappa shape index (κ3) is 7.72. The molecule has 0 aromatic carbocycles. The first-order valence-corrected chi connectivity index (χ1v) is 3.18. The molecule has 0 aliphatic rings. The van der Waals surface area contributed by atoms with E-state index in [-0.39, 0.29) is 0 Å². The maximum absolute atomic E-state index is 9.92. The van der Waals surface area contributed by atoms with Crippen molar-refractivity contribution in [2.24, 2.45) is 0 Å². The Balaban J connectivity index is 2.83. The zero-order valence-corrected chi connectivity index (χ0v) is 6.07. The molecule has 9 heavy (non-hydrogen) atoms. The first-order chi connectivity index (χ1) is 4.27. The van der Waals surface area contributed by atoms with Crippen LogP contribution in [0.4, 0.5) is 4.79 Å². The van der Waals surface area contributed by atoms with Crippen LogP contribution in [0.15, 0.2) is 0 Å². The second-order valence-electron chi connectivity index (χ2n) is 1.44. The molecular formula is C5H10ClNO2. The van der Waals surface area contributed by atoms with E-state index in [1.165, 1.54) is 0 Å². The molecule has 0 unspecified atom stereocenters. The normalized spacial score (nSPS) is 9.11. The molecule has 54 valence electrons. The van der Waals surface area contributed by atoms with Crippen LogP contribution < -0.4 is 5.32 Å². The number of rotatable bonds is 4. The van der Waals surface area contributed by atoms with E-state index in [2.05, 4.69) is 10.1 Å². The van der Waals surface area contributed by atoms with E-state index >= 15 is 0 Å². The van der Waals surface area contributed by atoms with Crippen LogP contribution in [0.25, 0.3) is 0 Å². The summed E-state index contributed by atoms with van der Waals surface area (Å²) < 4.78 is 4.41. The summed E-state index contributed by atoms with van der Waals surface area (Å²) in [6.07, 6.45) is 0. The van der Waals surface area contributed by atoms with E-state index in [1.54, 1.807) is 0 Å². The van der Waals surface area contributed by atoms with Gasteiger partial charge in [-0.05, 0) is 6.54 Å². The van der Waals surface area contributed by atoms with Crippen LogP contribution in [0.5, 0.6) is 0 Å². The number of hydrogen-bond acceptors (Lipinski definition) is 3. The van der Waals surface area contributed by atoms with E-state index in [9.17, 15) is 4.79 Å². The Morgan fingerprint density at radius 2 is 2.44 bits per heavy atom. The molecule has 0 saturated carbocycles. The van der Waals surface area contributed by atoms with Crippen molar-refractivity contribution >= 4 is 17.0 Å². The topological polar surface area (TPSA) is 38.3 Å². The maximum atomic E-state index is 9.92. The highest BCUT2D eigenvalue weighted by Crippen LogP contribution is 1.83. The molecule has 4 heteroatoms. The lowest BCUT2D eigenvalue weighted by molar-refractivity contribution is 0.174. The summed E-state index contributed by atoms with van der Waals surface area (Å²) in [6.45, 7) is 3.85. The Morgan fingerprint density at radius 3 is 2.89 bits per heavy atom. The van der Waals surface area contributed by atoms with Crippen LogP contribution in [0, 0.1) is 0 Å². The number of carbonyl (C=O) groups excluding carboxylic acids is 1. The fourth-order valence-corrected chi connectivity index (χ4v) is 0.457. The molecule has 0 aliphatic carbocycles. The van der Waals surface area contributed by atoms with Gasteiger partial charge in [-0.1, -0.05) is 6.92 Å². The highest BCUT2D eigenvalue weighted by atomic mass is 35.5. The molecule has 0 aromatic rings. The van der Waals surface area contributed by atoms with E-state index in [0.717, 1.165) is 6.54 Å². The highest BCUT2D eigenvalue weighted by Gasteiger charge is 1.91.